The van der Waals surface area contributed by atoms with Gasteiger partial charge in [-0.3, -0.25) is 0 Å². The zero-order chi connectivity index (χ0) is 9.03. The summed E-state index contributed by atoms with van der Waals surface area (Å²) in [5, 5.41) is 9.28. The molecule has 1 aliphatic rings. The average molecular weight is 171 g/mol. The van der Waals surface area contributed by atoms with Crippen molar-refractivity contribution >= 4 is 0 Å². The van der Waals surface area contributed by atoms with Gasteiger partial charge < -0.3 is 10.0 Å². The Morgan fingerprint density at radius 1 is 1.25 bits per heavy atom. The second-order valence-electron chi connectivity index (χ2n) is 3.95. The summed E-state index contributed by atoms with van der Waals surface area (Å²) in [6.45, 7) is 8.28. The van der Waals surface area contributed by atoms with E-state index in [1.165, 1.54) is 25.9 Å². The Bertz CT molecular complexity index is 122. The molecule has 1 N–H and O–H groups in total. The summed E-state index contributed by atoms with van der Waals surface area (Å²) in [6.07, 6.45) is 3.47. The van der Waals surface area contributed by atoms with Gasteiger partial charge in [-0.1, -0.05) is 13.8 Å². The fraction of sp³-hybridized carbons (Fsp3) is 1.00. The van der Waals surface area contributed by atoms with E-state index < -0.39 is 0 Å². The number of aliphatic hydroxyl groups is 1. The number of likely N-dealkylation sites (tertiary alicyclic amines) is 1. The van der Waals surface area contributed by atoms with Crippen LogP contribution in [0.25, 0.3) is 0 Å². The Hall–Kier alpha value is -0.0800. The van der Waals surface area contributed by atoms with E-state index in [2.05, 4.69) is 18.7 Å². The van der Waals surface area contributed by atoms with Crippen LogP contribution in [0.2, 0.25) is 0 Å². The maximum atomic E-state index is 9.28. The second kappa shape index (κ2) is 4.24. The smallest absolute Gasteiger partial charge is 0.0488 e. The lowest BCUT2D eigenvalue weighted by atomic mass is 9.77. The number of hydrogen-bond acceptors (Lipinski definition) is 2. The zero-order valence-corrected chi connectivity index (χ0v) is 8.34. The Balaban J connectivity index is 2.42. The molecule has 0 aromatic carbocycles. The Morgan fingerprint density at radius 2 is 1.83 bits per heavy atom. The summed E-state index contributed by atoms with van der Waals surface area (Å²) >= 11 is 0. The molecule has 0 aromatic heterocycles. The molecule has 0 amide bonds. The van der Waals surface area contributed by atoms with Crippen LogP contribution in [0.5, 0.6) is 0 Å². The Morgan fingerprint density at radius 3 is 2.17 bits per heavy atom. The quantitative estimate of drug-likeness (QED) is 0.695. The maximum Gasteiger partial charge on any atom is 0.0488 e. The summed E-state index contributed by atoms with van der Waals surface area (Å²) < 4.78 is 0. The first kappa shape index (κ1) is 10.0. The number of piperidine rings is 1. The third-order valence-corrected chi connectivity index (χ3v) is 3.45. The van der Waals surface area contributed by atoms with Crippen LogP contribution in [-0.2, 0) is 0 Å². The van der Waals surface area contributed by atoms with Crippen molar-refractivity contribution in [3.05, 3.63) is 0 Å². The fourth-order valence-electron chi connectivity index (χ4n) is 1.97. The van der Waals surface area contributed by atoms with Gasteiger partial charge in [-0.25, -0.2) is 0 Å². The molecule has 1 heterocycles. The molecule has 0 aliphatic carbocycles. The van der Waals surface area contributed by atoms with Crippen LogP contribution in [0, 0.1) is 5.41 Å². The van der Waals surface area contributed by atoms with Crippen molar-refractivity contribution in [2.24, 2.45) is 5.41 Å². The number of hydrogen-bond donors (Lipinski definition) is 1. The first-order valence-electron chi connectivity index (χ1n) is 5.09. The van der Waals surface area contributed by atoms with Gasteiger partial charge in [-0.05, 0) is 44.3 Å². The monoisotopic (exact) mass is 171 g/mol. The van der Waals surface area contributed by atoms with Crippen molar-refractivity contribution in [3.63, 3.8) is 0 Å². The van der Waals surface area contributed by atoms with Crippen molar-refractivity contribution in [1.29, 1.82) is 0 Å². The molecule has 0 unspecified atom stereocenters. The molecule has 1 saturated heterocycles. The third kappa shape index (κ3) is 1.99. The first-order chi connectivity index (χ1) is 5.76. The standard InChI is InChI=1S/C10H21NO/c1-3-10(9-12)5-7-11(4-2)8-6-10/h12H,3-9H2,1-2H3. The SMILES string of the molecule is CCN1CCC(CC)(CO)CC1. The highest BCUT2D eigenvalue weighted by molar-refractivity contribution is 4.83. The highest BCUT2D eigenvalue weighted by Crippen LogP contribution is 2.33. The van der Waals surface area contributed by atoms with Crippen LogP contribution in [-0.4, -0.2) is 36.2 Å². The van der Waals surface area contributed by atoms with Gasteiger partial charge in [-0.15, -0.1) is 0 Å². The summed E-state index contributed by atoms with van der Waals surface area (Å²) in [7, 11) is 0. The lowest BCUT2D eigenvalue weighted by molar-refractivity contribution is 0.0429. The summed E-state index contributed by atoms with van der Waals surface area (Å²) in [6, 6.07) is 0. The highest BCUT2D eigenvalue weighted by Gasteiger charge is 2.31. The fourth-order valence-corrected chi connectivity index (χ4v) is 1.97. The zero-order valence-electron chi connectivity index (χ0n) is 8.34. The molecule has 0 atom stereocenters. The van der Waals surface area contributed by atoms with Gasteiger partial charge in [0.25, 0.3) is 0 Å². The predicted molar refractivity (Wildman–Crippen MR) is 51.2 cm³/mol. The van der Waals surface area contributed by atoms with Crippen LogP contribution in [0.3, 0.4) is 0 Å². The summed E-state index contributed by atoms with van der Waals surface area (Å²) in [4.78, 5) is 2.46. The lowest BCUT2D eigenvalue weighted by Gasteiger charge is -2.39. The maximum absolute atomic E-state index is 9.28. The van der Waals surface area contributed by atoms with Crippen LogP contribution in [0.15, 0.2) is 0 Å². The first-order valence-corrected chi connectivity index (χ1v) is 5.09. The van der Waals surface area contributed by atoms with Crippen molar-refractivity contribution in [1.82, 2.24) is 4.90 Å². The van der Waals surface area contributed by atoms with E-state index in [1.54, 1.807) is 0 Å². The average Bonchev–Trinajstić information content (AvgIpc) is 2.18. The summed E-state index contributed by atoms with van der Waals surface area (Å²) in [5.41, 5.74) is 0.256. The molecule has 1 rings (SSSR count). The number of nitrogens with zero attached hydrogens (tertiary/aromatic N) is 1. The number of rotatable bonds is 3. The Labute approximate surface area is 75.6 Å². The van der Waals surface area contributed by atoms with E-state index in [0.717, 1.165) is 13.0 Å². The predicted octanol–water partition coefficient (Wildman–Crippen LogP) is 1.49. The van der Waals surface area contributed by atoms with Gasteiger partial charge in [-0.2, -0.15) is 0 Å². The molecule has 0 bridgehead atoms. The van der Waals surface area contributed by atoms with Crippen LogP contribution in [0.1, 0.15) is 33.1 Å². The van der Waals surface area contributed by atoms with Gasteiger partial charge >= 0.3 is 0 Å². The molecular weight excluding hydrogens is 150 g/mol. The molecule has 0 aromatic rings. The molecule has 0 spiro atoms. The molecule has 1 aliphatic heterocycles. The third-order valence-electron chi connectivity index (χ3n) is 3.45. The van der Waals surface area contributed by atoms with E-state index in [-0.39, 0.29) is 5.41 Å². The normalized spacial score (nSPS) is 24.2. The molecule has 0 saturated carbocycles. The minimum atomic E-state index is 0.256. The molecule has 1 fully saturated rings. The molecule has 0 radical (unpaired) electrons. The van der Waals surface area contributed by atoms with E-state index in [4.69, 9.17) is 0 Å². The highest BCUT2D eigenvalue weighted by atomic mass is 16.3. The molecule has 2 nitrogen and oxygen atoms in total. The van der Waals surface area contributed by atoms with Crippen LogP contribution in [0.4, 0.5) is 0 Å². The molecule has 2 heteroatoms. The Kier molecular flexibility index (Phi) is 3.53. The van der Waals surface area contributed by atoms with Crippen molar-refractivity contribution in [3.8, 4) is 0 Å². The van der Waals surface area contributed by atoms with Gasteiger partial charge in [0.2, 0.25) is 0 Å². The minimum Gasteiger partial charge on any atom is -0.396 e. The van der Waals surface area contributed by atoms with E-state index in [1.807, 2.05) is 0 Å². The van der Waals surface area contributed by atoms with E-state index >= 15 is 0 Å². The topological polar surface area (TPSA) is 23.5 Å². The van der Waals surface area contributed by atoms with Crippen LogP contribution >= 0.6 is 0 Å². The van der Waals surface area contributed by atoms with Crippen molar-refractivity contribution in [2.45, 2.75) is 33.1 Å². The van der Waals surface area contributed by atoms with E-state index in [0.29, 0.717) is 6.61 Å². The van der Waals surface area contributed by atoms with Crippen LogP contribution < -0.4 is 0 Å². The number of aliphatic hydroxyl groups excluding tert-OH is 1. The largest absolute Gasteiger partial charge is 0.396 e. The molecule has 72 valence electrons. The van der Waals surface area contributed by atoms with Gasteiger partial charge in [0.05, 0.1) is 0 Å². The van der Waals surface area contributed by atoms with Gasteiger partial charge in [0, 0.05) is 6.61 Å². The minimum absolute atomic E-state index is 0.256. The summed E-state index contributed by atoms with van der Waals surface area (Å²) in [5.74, 6) is 0. The second-order valence-corrected chi connectivity index (χ2v) is 3.95. The molecule has 12 heavy (non-hydrogen) atoms. The van der Waals surface area contributed by atoms with Crippen molar-refractivity contribution < 1.29 is 5.11 Å². The van der Waals surface area contributed by atoms with E-state index in [9.17, 15) is 5.11 Å². The lowest BCUT2D eigenvalue weighted by Crippen LogP contribution is -2.41. The molecular formula is C10H21NO. The van der Waals surface area contributed by atoms with Gasteiger partial charge in [0.15, 0.2) is 0 Å². The van der Waals surface area contributed by atoms with Gasteiger partial charge in [0.1, 0.15) is 0 Å². The van der Waals surface area contributed by atoms with Crippen molar-refractivity contribution in [2.75, 3.05) is 26.2 Å².